The molecule has 0 bridgehead atoms. The van der Waals surface area contributed by atoms with E-state index in [4.69, 9.17) is 4.74 Å². The SMILES string of the molecule is C[C@H](OC(=O)CC[C@H]1NC(=O)NC1=O)C(=O)Nc1cc(C(C)(C)C)nn1-c1ccccc1. The third-order valence-electron chi connectivity index (χ3n) is 4.90. The van der Waals surface area contributed by atoms with Crippen LogP contribution in [0.25, 0.3) is 5.69 Å². The minimum atomic E-state index is -1.06. The van der Waals surface area contributed by atoms with Gasteiger partial charge in [0.2, 0.25) is 0 Å². The first-order chi connectivity index (χ1) is 15.0. The number of hydrogen-bond donors (Lipinski definition) is 3. The van der Waals surface area contributed by atoms with Crippen molar-refractivity contribution in [2.75, 3.05) is 5.32 Å². The molecule has 3 N–H and O–H groups in total. The van der Waals surface area contributed by atoms with Crippen LogP contribution >= 0.6 is 0 Å². The monoisotopic (exact) mass is 441 g/mol. The number of carbonyl (C=O) groups is 4. The second-order valence-electron chi connectivity index (χ2n) is 8.59. The molecule has 1 aliphatic rings. The number of anilines is 1. The average Bonchev–Trinajstić information content (AvgIpc) is 3.29. The van der Waals surface area contributed by atoms with Crippen LogP contribution in [0.2, 0.25) is 0 Å². The zero-order valence-corrected chi connectivity index (χ0v) is 18.5. The standard InChI is InChI=1S/C22H27N5O5/c1-13(32-18(28)11-10-15-20(30)25-21(31)23-15)19(29)24-17-12-16(22(2,3)4)26-27(17)14-8-6-5-7-9-14/h5-9,12-13,15H,10-11H2,1-4H3,(H,24,29)(H2,23,25,30,31)/t13-,15+/m0/s1. The fraction of sp³-hybridized carbons (Fsp3) is 0.409. The number of ether oxygens (including phenoxy) is 1. The molecular formula is C22H27N5O5. The molecule has 2 heterocycles. The van der Waals surface area contributed by atoms with E-state index in [1.807, 2.05) is 51.1 Å². The van der Waals surface area contributed by atoms with Crippen molar-refractivity contribution in [1.29, 1.82) is 0 Å². The molecule has 0 radical (unpaired) electrons. The van der Waals surface area contributed by atoms with Crippen molar-refractivity contribution in [3.05, 3.63) is 42.1 Å². The largest absolute Gasteiger partial charge is 0.453 e. The summed E-state index contributed by atoms with van der Waals surface area (Å²) in [5, 5.41) is 11.9. The summed E-state index contributed by atoms with van der Waals surface area (Å²) < 4.78 is 6.83. The molecule has 10 heteroatoms. The van der Waals surface area contributed by atoms with Crippen LogP contribution in [-0.4, -0.2) is 45.7 Å². The number of imide groups is 1. The Balaban J connectivity index is 1.64. The van der Waals surface area contributed by atoms with Gasteiger partial charge in [-0.2, -0.15) is 5.10 Å². The van der Waals surface area contributed by atoms with Gasteiger partial charge >= 0.3 is 12.0 Å². The number of nitrogens with zero attached hydrogens (tertiary/aromatic N) is 2. The van der Waals surface area contributed by atoms with E-state index in [-0.39, 0.29) is 18.3 Å². The second kappa shape index (κ2) is 9.21. The van der Waals surface area contributed by atoms with Gasteiger partial charge in [-0.1, -0.05) is 39.0 Å². The van der Waals surface area contributed by atoms with Gasteiger partial charge in [0, 0.05) is 17.9 Å². The van der Waals surface area contributed by atoms with E-state index in [2.05, 4.69) is 21.0 Å². The molecule has 10 nitrogen and oxygen atoms in total. The van der Waals surface area contributed by atoms with E-state index in [0.29, 0.717) is 5.82 Å². The molecule has 1 aromatic carbocycles. The number of para-hydroxylation sites is 1. The van der Waals surface area contributed by atoms with Gasteiger partial charge in [-0.25, -0.2) is 9.48 Å². The Morgan fingerprint density at radius 2 is 1.91 bits per heavy atom. The molecule has 1 saturated heterocycles. The fourth-order valence-electron chi connectivity index (χ4n) is 3.06. The first-order valence-corrected chi connectivity index (χ1v) is 10.3. The Hall–Kier alpha value is -3.69. The molecule has 2 atom stereocenters. The lowest BCUT2D eigenvalue weighted by atomic mass is 9.92. The lowest BCUT2D eigenvalue weighted by Crippen LogP contribution is -2.32. The predicted molar refractivity (Wildman–Crippen MR) is 116 cm³/mol. The Morgan fingerprint density at radius 3 is 2.50 bits per heavy atom. The number of urea groups is 1. The third kappa shape index (κ3) is 5.51. The Bertz CT molecular complexity index is 1030. The van der Waals surface area contributed by atoms with E-state index in [0.717, 1.165) is 11.4 Å². The normalized spacial score (nSPS) is 16.8. The lowest BCUT2D eigenvalue weighted by Gasteiger charge is -2.15. The summed E-state index contributed by atoms with van der Waals surface area (Å²) in [5.41, 5.74) is 1.33. The quantitative estimate of drug-likeness (QED) is 0.445. The fourth-order valence-corrected chi connectivity index (χ4v) is 3.06. The Labute approximate surface area is 185 Å². The smallest absolute Gasteiger partial charge is 0.322 e. The minimum Gasteiger partial charge on any atom is -0.453 e. The first kappa shape index (κ1) is 23.0. The molecule has 1 aromatic heterocycles. The highest BCUT2D eigenvalue weighted by atomic mass is 16.5. The molecule has 1 aliphatic heterocycles. The van der Waals surface area contributed by atoms with Crippen molar-refractivity contribution in [1.82, 2.24) is 20.4 Å². The molecule has 3 rings (SSSR count). The third-order valence-corrected chi connectivity index (χ3v) is 4.90. The van der Waals surface area contributed by atoms with Gasteiger partial charge in [0.25, 0.3) is 11.8 Å². The molecule has 4 amide bonds. The molecule has 0 unspecified atom stereocenters. The van der Waals surface area contributed by atoms with Crippen LogP contribution in [-0.2, 0) is 24.5 Å². The maximum absolute atomic E-state index is 12.7. The predicted octanol–water partition coefficient (Wildman–Crippen LogP) is 2.03. The zero-order valence-electron chi connectivity index (χ0n) is 18.5. The van der Waals surface area contributed by atoms with Crippen LogP contribution in [0.1, 0.15) is 46.2 Å². The van der Waals surface area contributed by atoms with Crippen molar-refractivity contribution in [3.63, 3.8) is 0 Å². The summed E-state index contributed by atoms with van der Waals surface area (Å²) in [6.45, 7) is 7.53. The van der Waals surface area contributed by atoms with Crippen LogP contribution in [0.3, 0.4) is 0 Å². The van der Waals surface area contributed by atoms with E-state index in [1.54, 1.807) is 10.7 Å². The van der Waals surface area contributed by atoms with E-state index in [9.17, 15) is 19.2 Å². The van der Waals surface area contributed by atoms with Gasteiger partial charge in [-0.3, -0.25) is 19.7 Å². The minimum absolute atomic E-state index is 0.0838. The van der Waals surface area contributed by atoms with Crippen LogP contribution in [0, 0.1) is 0 Å². The molecule has 170 valence electrons. The van der Waals surface area contributed by atoms with Crippen molar-refractivity contribution < 1.29 is 23.9 Å². The summed E-state index contributed by atoms with van der Waals surface area (Å²) in [7, 11) is 0. The summed E-state index contributed by atoms with van der Waals surface area (Å²) in [6.07, 6.45) is -1.10. The highest BCUT2D eigenvalue weighted by Gasteiger charge is 2.30. The molecule has 0 aliphatic carbocycles. The molecule has 1 fully saturated rings. The topological polar surface area (TPSA) is 131 Å². The number of benzene rings is 1. The van der Waals surface area contributed by atoms with E-state index in [1.165, 1.54) is 6.92 Å². The highest BCUT2D eigenvalue weighted by Crippen LogP contribution is 2.26. The van der Waals surface area contributed by atoms with Crippen LogP contribution in [0.15, 0.2) is 36.4 Å². The van der Waals surface area contributed by atoms with Gasteiger partial charge in [-0.05, 0) is 25.5 Å². The molecule has 32 heavy (non-hydrogen) atoms. The summed E-state index contributed by atoms with van der Waals surface area (Å²) in [4.78, 5) is 47.5. The van der Waals surface area contributed by atoms with Crippen molar-refractivity contribution in [2.45, 2.75) is 58.1 Å². The first-order valence-electron chi connectivity index (χ1n) is 10.3. The maximum atomic E-state index is 12.7. The van der Waals surface area contributed by atoms with Gasteiger partial charge in [0.1, 0.15) is 11.9 Å². The van der Waals surface area contributed by atoms with Crippen molar-refractivity contribution in [2.24, 2.45) is 0 Å². The highest BCUT2D eigenvalue weighted by molar-refractivity contribution is 6.04. The Morgan fingerprint density at radius 1 is 1.22 bits per heavy atom. The number of carbonyl (C=O) groups excluding carboxylic acids is 4. The lowest BCUT2D eigenvalue weighted by molar-refractivity contribution is -0.153. The van der Waals surface area contributed by atoms with E-state index >= 15 is 0 Å². The number of amides is 4. The zero-order chi connectivity index (χ0) is 23.5. The van der Waals surface area contributed by atoms with Gasteiger partial charge in [0.05, 0.1) is 11.4 Å². The van der Waals surface area contributed by atoms with Gasteiger partial charge in [-0.15, -0.1) is 0 Å². The van der Waals surface area contributed by atoms with Crippen LogP contribution in [0.4, 0.5) is 10.6 Å². The number of nitrogens with one attached hydrogen (secondary N) is 3. The number of esters is 1. The maximum Gasteiger partial charge on any atom is 0.322 e. The number of hydrogen-bond acceptors (Lipinski definition) is 6. The van der Waals surface area contributed by atoms with Crippen LogP contribution in [0.5, 0.6) is 0 Å². The van der Waals surface area contributed by atoms with Gasteiger partial charge < -0.3 is 15.4 Å². The van der Waals surface area contributed by atoms with Crippen molar-refractivity contribution >= 4 is 29.6 Å². The summed E-state index contributed by atoms with van der Waals surface area (Å²) in [6, 6.07) is 9.79. The molecular weight excluding hydrogens is 414 g/mol. The summed E-state index contributed by atoms with van der Waals surface area (Å²) in [5.74, 6) is -1.19. The second-order valence-corrected chi connectivity index (χ2v) is 8.59. The molecule has 2 aromatic rings. The van der Waals surface area contributed by atoms with Crippen molar-refractivity contribution in [3.8, 4) is 5.69 Å². The number of aromatic nitrogens is 2. The average molecular weight is 441 g/mol. The van der Waals surface area contributed by atoms with Crippen LogP contribution < -0.4 is 16.0 Å². The number of rotatable bonds is 7. The molecule has 0 spiro atoms. The Kier molecular flexibility index (Phi) is 6.61. The summed E-state index contributed by atoms with van der Waals surface area (Å²) >= 11 is 0. The molecule has 0 saturated carbocycles. The van der Waals surface area contributed by atoms with Gasteiger partial charge in [0.15, 0.2) is 6.10 Å². The van der Waals surface area contributed by atoms with E-state index < -0.39 is 36.0 Å².